The fraction of sp³-hybridized carbons (Fsp3) is 0.533. The number of carboxylic acid groups (broad SMARTS) is 1. The van der Waals surface area contributed by atoms with Gasteiger partial charge in [-0.25, -0.2) is 0 Å². The molecule has 1 N–H and O–H groups in total. The maximum Gasteiger partial charge on any atom is 0.305 e. The second-order valence-electron chi connectivity index (χ2n) is 5.17. The zero-order valence-corrected chi connectivity index (χ0v) is 12.1. The van der Waals surface area contributed by atoms with Gasteiger partial charge in [0.05, 0.1) is 19.1 Å². The van der Waals surface area contributed by atoms with Gasteiger partial charge in [-0.3, -0.25) is 14.6 Å². The molecule has 6 heteroatoms. The Bertz CT molecular complexity index is 510. The van der Waals surface area contributed by atoms with Gasteiger partial charge in [0, 0.05) is 19.3 Å². The summed E-state index contributed by atoms with van der Waals surface area (Å²) < 4.78 is 5.52. The molecule has 1 aromatic heterocycles. The van der Waals surface area contributed by atoms with Crippen molar-refractivity contribution < 1.29 is 19.4 Å². The van der Waals surface area contributed by atoms with Crippen LogP contribution in [-0.4, -0.2) is 52.7 Å². The van der Waals surface area contributed by atoms with Gasteiger partial charge in [0.1, 0.15) is 5.69 Å². The molecule has 114 valence electrons. The normalized spacial score (nSPS) is 16.0. The van der Waals surface area contributed by atoms with Crippen molar-refractivity contribution in [2.45, 2.75) is 32.3 Å². The summed E-state index contributed by atoms with van der Waals surface area (Å²) in [4.78, 5) is 28.7. The van der Waals surface area contributed by atoms with E-state index in [9.17, 15) is 9.59 Å². The smallest absolute Gasteiger partial charge is 0.305 e. The molecule has 1 saturated heterocycles. The summed E-state index contributed by atoms with van der Waals surface area (Å²) in [5.74, 6) is -0.898. The highest BCUT2D eigenvalue weighted by Gasteiger charge is 2.25. The Morgan fingerprint density at radius 2 is 2.14 bits per heavy atom. The highest BCUT2D eigenvalue weighted by Crippen LogP contribution is 2.17. The molecule has 0 aromatic carbocycles. The molecule has 0 saturated carbocycles. The van der Waals surface area contributed by atoms with Crippen molar-refractivity contribution in [3.8, 4) is 0 Å². The lowest BCUT2D eigenvalue weighted by Gasteiger charge is -2.31. The average molecular weight is 292 g/mol. The number of carbonyl (C=O) groups is 2. The maximum atomic E-state index is 12.4. The maximum absolute atomic E-state index is 12.4. The highest BCUT2D eigenvalue weighted by molar-refractivity contribution is 5.93. The molecule has 1 aromatic rings. The monoisotopic (exact) mass is 292 g/mol. The number of hydrogen-bond donors (Lipinski definition) is 1. The number of aliphatic carboxylic acids is 1. The molecule has 21 heavy (non-hydrogen) atoms. The first-order valence-electron chi connectivity index (χ1n) is 7.12. The van der Waals surface area contributed by atoms with Crippen molar-refractivity contribution in [3.05, 3.63) is 29.6 Å². The molecule has 0 spiro atoms. The second-order valence-corrected chi connectivity index (χ2v) is 5.17. The lowest BCUT2D eigenvalue weighted by Crippen LogP contribution is -2.41. The molecule has 2 heterocycles. The van der Waals surface area contributed by atoms with Gasteiger partial charge in [0.15, 0.2) is 0 Å². The Kier molecular flexibility index (Phi) is 5.27. The third-order valence-electron chi connectivity index (χ3n) is 3.61. The van der Waals surface area contributed by atoms with Crippen molar-refractivity contribution in [2.75, 3.05) is 19.7 Å². The van der Waals surface area contributed by atoms with Crippen LogP contribution in [0.15, 0.2) is 18.3 Å². The standard InChI is InChI=1S/C15H20N2O4/c1-11-3-2-7-16-14(11)15(20)17-8-4-12(5-9-17)21-10-6-13(18)19/h2-3,7,12H,4-6,8-10H2,1H3,(H,18,19). The minimum absolute atomic E-state index is 0.0201. The summed E-state index contributed by atoms with van der Waals surface area (Å²) in [5.41, 5.74) is 1.38. The number of amides is 1. The van der Waals surface area contributed by atoms with E-state index < -0.39 is 5.97 Å². The van der Waals surface area contributed by atoms with E-state index in [4.69, 9.17) is 9.84 Å². The van der Waals surface area contributed by atoms with Crippen LogP contribution in [0, 0.1) is 6.92 Å². The zero-order valence-electron chi connectivity index (χ0n) is 12.1. The van der Waals surface area contributed by atoms with E-state index in [1.54, 1.807) is 11.1 Å². The summed E-state index contributed by atoms with van der Waals surface area (Å²) in [7, 11) is 0. The Labute approximate surface area is 123 Å². The Hall–Kier alpha value is -1.95. The van der Waals surface area contributed by atoms with Crippen LogP contribution in [0.5, 0.6) is 0 Å². The van der Waals surface area contributed by atoms with Gasteiger partial charge in [0.25, 0.3) is 5.91 Å². The number of likely N-dealkylation sites (tertiary alicyclic amines) is 1. The average Bonchev–Trinajstić information content (AvgIpc) is 2.47. The van der Waals surface area contributed by atoms with Crippen LogP contribution in [0.2, 0.25) is 0 Å². The van der Waals surface area contributed by atoms with Crippen molar-refractivity contribution >= 4 is 11.9 Å². The van der Waals surface area contributed by atoms with Gasteiger partial charge in [-0.15, -0.1) is 0 Å². The van der Waals surface area contributed by atoms with Crippen LogP contribution in [0.1, 0.15) is 35.3 Å². The van der Waals surface area contributed by atoms with E-state index >= 15 is 0 Å². The zero-order chi connectivity index (χ0) is 15.2. The number of hydrogen-bond acceptors (Lipinski definition) is 4. The van der Waals surface area contributed by atoms with Crippen LogP contribution < -0.4 is 0 Å². The predicted octanol–water partition coefficient (Wildman–Crippen LogP) is 1.49. The Morgan fingerprint density at radius 1 is 1.43 bits per heavy atom. The van der Waals surface area contributed by atoms with Gasteiger partial charge in [-0.2, -0.15) is 0 Å². The molecule has 0 bridgehead atoms. The Balaban J connectivity index is 1.82. The third kappa shape index (κ3) is 4.26. The quantitative estimate of drug-likeness (QED) is 0.889. The lowest BCUT2D eigenvalue weighted by atomic mass is 10.1. The van der Waals surface area contributed by atoms with Gasteiger partial charge >= 0.3 is 5.97 Å². The molecule has 1 fully saturated rings. The minimum Gasteiger partial charge on any atom is -0.481 e. The van der Waals surface area contributed by atoms with E-state index in [0.29, 0.717) is 18.8 Å². The van der Waals surface area contributed by atoms with E-state index in [1.807, 2.05) is 19.1 Å². The van der Waals surface area contributed by atoms with Gasteiger partial charge in [-0.1, -0.05) is 6.07 Å². The van der Waals surface area contributed by atoms with Gasteiger partial charge in [0.2, 0.25) is 0 Å². The largest absolute Gasteiger partial charge is 0.481 e. The fourth-order valence-electron chi connectivity index (χ4n) is 2.40. The van der Waals surface area contributed by atoms with Crippen molar-refractivity contribution in [1.82, 2.24) is 9.88 Å². The first-order chi connectivity index (χ1) is 10.1. The van der Waals surface area contributed by atoms with E-state index in [0.717, 1.165) is 18.4 Å². The molecule has 2 rings (SSSR count). The van der Waals surface area contributed by atoms with Gasteiger partial charge < -0.3 is 14.7 Å². The topological polar surface area (TPSA) is 79.7 Å². The highest BCUT2D eigenvalue weighted by atomic mass is 16.5. The molecule has 1 aliphatic rings. The van der Waals surface area contributed by atoms with Crippen LogP contribution >= 0.6 is 0 Å². The number of nitrogens with zero attached hydrogens (tertiary/aromatic N) is 2. The molecule has 1 aliphatic heterocycles. The molecular formula is C15H20N2O4. The van der Waals surface area contributed by atoms with E-state index in [-0.39, 0.29) is 25.0 Å². The first kappa shape index (κ1) is 15.4. The van der Waals surface area contributed by atoms with E-state index in [2.05, 4.69) is 4.98 Å². The van der Waals surface area contributed by atoms with Crippen LogP contribution in [0.3, 0.4) is 0 Å². The minimum atomic E-state index is -0.853. The van der Waals surface area contributed by atoms with Crippen LogP contribution in [0.4, 0.5) is 0 Å². The van der Waals surface area contributed by atoms with Crippen molar-refractivity contribution in [2.24, 2.45) is 0 Å². The third-order valence-corrected chi connectivity index (χ3v) is 3.61. The molecule has 1 amide bonds. The number of piperidine rings is 1. The number of ether oxygens (including phenoxy) is 1. The Morgan fingerprint density at radius 3 is 2.76 bits per heavy atom. The summed E-state index contributed by atoms with van der Waals surface area (Å²) in [6.45, 7) is 3.34. The molecule has 0 atom stereocenters. The summed E-state index contributed by atoms with van der Waals surface area (Å²) in [5, 5.41) is 8.57. The molecule has 0 unspecified atom stereocenters. The number of carboxylic acids is 1. The van der Waals surface area contributed by atoms with Crippen molar-refractivity contribution in [3.63, 3.8) is 0 Å². The fourth-order valence-corrected chi connectivity index (χ4v) is 2.40. The predicted molar refractivity (Wildman–Crippen MR) is 76.1 cm³/mol. The van der Waals surface area contributed by atoms with Crippen LogP contribution in [0.25, 0.3) is 0 Å². The van der Waals surface area contributed by atoms with Crippen LogP contribution in [-0.2, 0) is 9.53 Å². The van der Waals surface area contributed by atoms with Gasteiger partial charge in [-0.05, 0) is 31.4 Å². The second kappa shape index (κ2) is 7.17. The SMILES string of the molecule is Cc1cccnc1C(=O)N1CCC(OCCC(=O)O)CC1. The number of aryl methyl sites for hydroxylation is 1. The molecular weight excluding hydrogens is 272 g/mol. The number of aromatic nitrogens is 1. The summed E-state index contributed by atoms with van der Waals surface area (Å²) in [6, 6.07) is 3.69. The van der Waals surface area contributed by atoms with Crippen molar-refractivity contribution in [1.29, 1.82) is 0 Å². The lowest BCUT2D eigenvalue weighted by molar-refractivity contribution is -0.138. The number of pyridine rings is 1. The molecule has 0 aliphatic carbocycles. The number of carbonyl (C=O) groups excluding carboxylic acids is 1. The molecule has 6 nitrogen and oxygen atoms in total. The molecule has 0 radical (unpaired) electrons. The summed E-state index contributed by atoms with van der Waals surface area (Å²) >= 11 is 0. The summed E-state index contributed by atoms with van der Waals surface area (Å²) in [6.07, 6.45) is 3.15. The number of rotatable bonds is 5. The van der Waals surface area contributed by atoms with E-state index in [1.165, 1.54) is 0 Å². The first-order valence-corrected chi connectivity index (χ1v) is 7.12.